The van der Waals surface area contributed by atoms with Crippen molar-refractivity contribution in [2.24, 2.45) is 0 Å². The summed E-state index contributed by atoms with van der Waals surface area (Å²) >= 11 is 0. The van der Waals surface area contributed by atoms with Crippen molar-refractivity contribution in [3.8, 4) is 0 Å². The van der Waals surface area contributed by atoms with Crippen molar-refractivity contribution in [1.82, 2.24) is 5.32 Å². The fourth-order valence-electron chi connectivity index (χ4n) is 0.802. The molecule has 7 heavy (non-hydrogen) atoms. The van der Waals surface area contributed by atoms with Crippen molar-refractivity contribution in [1.29, 1.82) is 0 Å². The number of rotatable bonds is 0. The van der Waals surface area contributed by atoms with E-state index >= 15 is 0 Å². The van der Waals surface area contributed by atoms with Crippen molar-refractivity contribution in [3.63, 3.8) is 0 Å². The molecule has 1 rings (SSSR count). The molecular weight excluding hydrogens is 202 g/mol. The molecule has 0 atom stereocenters. The molecule has 0 radical (unpaired) electrons. The van der Waals surface area contributed by atoms with Crippen LogP contribution in [0.25, 0.3) is 0 Å². The van der Waals surface area contributed by atoms with Gasteiger partial charge in [-0.15, -0.1) is 0 Å². The van der Waals surface area contributed by atoms with E-state index in [1.165, 1.54) is 32.4 Å². The van der Waals surface area contributed by atoms with E-state index in [2.05, 4.69) is 5.32 Å². The normalized spacial score (nSPS) is 20.6. The molecule has 1 heterocycles. The molecule has 1 aliphatic rings. The first-order chi connectivity index (χ1) is 3.00. The van der Waals surface area contributed by atoms with Gasteiger partial charge in [0.05, 0.1) is 0 Å². The zero-order valence-corrected chi connectivity index (χ0v) is 7.39. The van der Waals surface area contributed by atoms with Crippen LogP contribution in [-0.2, 0) is 0 Å². The van der Waals surface area contributed by atoms with E-state index in [0.29, 0.717) is 0 Å². The first kappa shape index (κ1) is 7.75. The molecule has 44 valence electrons. The van der Waals surface area contributed by atoms with E-state index in [0.717, 1.165) is 0 Å². The Morgan fingerprint density at radius 2 is 1.43 bits per heavy atom. The summed E-state index contributed by atoms with van der Waals surface area (Å²) in [6.45, 7) is 2.50. The molecule has 0 spiro atoms. The Morgan fingerprint density at radius 1 is 0.857 bits per heavy atom. The van der Waals surface area contributed by atoms with Crippen molar-refractivity contribution in [3.05, 3.63) is 0 Å². The minimum absolute atomic E-state index is 0. The average molecular weight is 215 g/mol. The Labute approximate surface area is 61.6 Å². The number of hydrogen-bond acceptors (Lipinski definition) is 1. The predicted octanol–water partition coefficient (Wildman–Crippen LogP) is -0.156. The van der Waals surface area contributed by atoms with Gasteiger partial charge in [0, 0.05) is 0 Å². The topological polar surface area (TPSA) is 12.0 Å². The van der Waals surface area contributed by atoms with Crippen LogP contribution >= 0.6 is 0 Å². The number of piperidine rings is 1. The summed E-state index contributed by atoms with van der Waals surface area (Å²) < 4.78 is 0. The summed E-state index contributed by atoms with van der Waals surface area (Å²) in [6, 6.07) is 0. The van der Waals surface area contributed by atoms with Crippen molar-refractivity contribution in [2.45, 2.75) is 19.3 Å². The van der Waals surface area contributed by atoms with E-state index < -0.39 is 0 Å². The molecular formula is C5H13NTe. The Hall–Kier alpha value is 0.750. The third-order valence-electron chi connectivity index (χ3n) is 1.21. The van der Waals surface area contributed by atoms with Gasteiger partial charge in [0.25, 0.3) is 0 Å². The van der Waals surface area contributed by atoms with E-state index in [1.807, 2.05) is 0 Å². The molecule has 0 aromatic rings. The van der Waals surface area contributed by atoms with Crippen LogP contribution in [0.4, 0.5) is 0 Å². The first-order valence-corrected chi connectivity index (χ1v) is 2.71. The molecule has 1 N–H and O–H groups in total. The minimum atomic E-state index is 0. The van der Waals surface area contributed by atoms with Gasteiger partial charge in [0.1, 0.15) is 0 Å². The third kappa shape index (κ3) is 3.34. The monoisotopic (exact) mass is 217 g/mol. The van der Waals surface area contributed by atoms with Crippen molar-refractivity contribution < 1.29 is 0 Å². The molecule has 1 fully saturated rings. The molecule has 0 aromatic heterocycles. The number of hydrogen-bond donors (Lipinski definition) is 1. The molecule has 1 saturated heterocycles. The van der Waals surface area contributed by atoms with Crippen molar-refractivity contribution in [2.75, 3.05) is 13.1 Å². The zero-order valence-electron chi connectivity index (χ0n) is 4.54. The average Bonchev–Trinajstić information content (AvgIpc) is 1.72. The third-order valence-corrected chi connectivity index (χ3v) is 1.21. The SMILES string of the molecule is C1CCNCC1.[TeH2]. The van der Waals surface area contributed by atoms with Crippen molar-refractivity contribution >= 4 is 23.7 Å². The van der Waals surface area contributed by atoms with Gasteiger partial charge in [-0.3, -0.25) is 0 Å². The van der Waals surface area contributed by atoms with Gasteiger partial charge in [-0.1, -0.05) is 6.42 Å². The maximum atomic E-state index is 3.28. The van der Waals surface area contributed by atoms with E-state index in [9.17, 15) is 0 Å². The van der Waals surface area contributed by atoms with Gasteiger partial charge < -0.3 is 5.32 Å². The van der Waals surface area contributed by atoms with Crippen LogP contribution in [0.3, 0.4) is 0 Å². The van der Waals surface area contributed by atoms with Gasteiger partial charge in [0.15, 0.2) is 0 Å². The molecule has 0 saturated carbocycles. The second-order valence-electron chi connectivity index (χ2n) is 1.81. The fraction of sp³-hybridized carbons (Fsp3) is 1.00. The summed E-state index contributed by atoms with van der Waals surface area (Å²) in [4.78, 5) is 0. The summed E-state index contributed by atoms with van der Waals surface area (Å²) in [5, 5.41) is 3.28. The summed E-state index contributed by atoms with van der Waals surface area (Å²) in [7, 11) is 0. The molecule has 0 amide bonds. The maximum absolute atomic E-state index is 3.28. The summed E-state index contributed by atoms with van der Waals surface area (Å²) in [5.74, 6) is 0. The van der Waals surface area contributed by atoms with Crippen LogP contribution in [0.5, 0.6) is 0 Å². The Balaban J connectivity index is 0.000000360. The van der Waals surface area contributed by atoms with Gasteiger partial charge >= 0.3 is 23.7 Å². The van der Waals surface area contributed by atoms with E-state index in [4.69, 9.17) is 0 Å². The number of nitrogens with one attached hydrogen (secondary N) is 1. The Morgan fingerprint density at radius 3 is 1.57 bits per heavy atom. The predicted molar refractivity (Wildman–Crippen MR) is 35.3 cm³/mol. The van der Waals surface area contributed by atoms with Crippen LogP contribution in [0.1, 0.15) is 19.3 Å². The summed E-state index contributed by atoms with van der Waals surface area (Å²) in [5.41, 5.74) is 0. The first-order valence-electron chi connectivity index (χ1n) is 2.71. The molecule has 1 nitrogen and oxygen atoms in total. The Kier molecular flexibility index (Phi) is 5.42. The molecule has 1 aliphatic heterocycles. The molecule has 0 aromatic carbocycles. The quantitative estimate of drug-likeness (QED) is 0.553. The summed E-state index contributed by atoms with van der Waals surface area (Å²) in [6.07, 6.45) is 4.22. The Bertz CT molecular complexity index is 23.6. The van der Waals surface area contributed by atoms with E-state index in [-0.39, 0.29) is 23.7 Å². The standard InChI is InChI=1S/C5H11N.H2Te/c1-2-4-6-5-3-1;/h6H,1-5H2;1H2. The zero-order chi connectivity index (χ0) is 4.24. The molecule has 0 bridgehead atoms. The molecule has 0 unspecified atom stereocenters. The van der Waals surface area contributed by atoms with Gasteiger partial charge in [-0.2, -0.15) is 0 Å². The van der Waals surface area contributed by atoms with Gasteiger partial charge in [-0.25, -0.2) is 0 Å². The van der Waals surface area contributed by atoms with Gasteiger partial charge in [0.2, 0.25) is 0 Å². The van der Waals surface area contributed by atoms with E-state index in [1.54, 1.807) is 0 Å². The van der Waals surface area contributed by atoms with Gasteiger partial charge in [-0.05, 0) is 25.9 Å². The van der Waals surface area contributed by atoms with Crippen LogP contribution in [-0.4, -0.2) is 36.8 Å². The second kappa shape index (κ2) is 4.90. The van der Waals surface area contributed by atoms with Crippen LogP contribution in [0, 0.1) is 0 Å². The van der Waals surface area contributed by atoms with Crippen LogP contribution in [0.2, 0.25) is 0 Å². The van der Waals surface area contributed by atoms with Crippen LogP contribution < -0.4 is 5.32 Å². The fourth-order valence-corrected chi connectivity index (χ4v) is 0.802. The molecule has 2 heteroatoms. The second-order valence-corrected chi connectivity index (χ2v) is 1.81. The van der Waals surface area contributed by atoms with Crippen LogP contribution in [0.15, 0.2) is 0 Å². The molecule has 0 aliphatic carbocycles.